The Balaban J connectivity index is 2.88. The van der Waals surface area contributed by atoms with E-state index in [4.69, 9.17) is 0 Å². The SMILES string of the molecule is CCS(=O)(=O)CCC(C(=O)O)c1cccc(C)c1. The first-order valence-corrected chi connectivity index (χ1v) is 7.67. The normalized spacial score (nSPS) is 13.2. The Morgan fingerprint density at radius 3 is 2.56 bits per heavy atom. The summed E-state index contributed by atoms with van der Waals surface area (Å²) < 4.78 is 22.9. The number of aryl methyl sites for hydroxylation is 1. The molecule has 18 heavy (non-hydrogen) atoms. The molecule has 100 valence electrons. The summed E-state index contributed by atoms with van der Waals surface area (Å²) in [4.78, 5) is 11.2. The molecule has 1 aromatic rings. The highest BCUT2D eigenvalue weighted by molar-refractivity contribution is 7.91. The van der Waals surface area contributed by atoms with Crippen molar-refractivity contribution in [2.24, 2.45) is 0 Å². The fourth-order valence-corrected chi connectivity index (χ4v) is 2.64. The highest BCUT2D eigenvalue weighted by Crippen LogP contribution is 2.22. The summed E-state index contributed by atoms with van der Waals surface area (Å²) in [5.74, 6) is -1.78. The van der Waals surface area contributed by atoms with Crippen molar-refractivity contribution in [3.63, 3.8) is 0 Å². The maximum absolute atomic E-state index is 11.4. The summed E-state index contributed by atoms with van der Waals surface area (Å²) in [6, 6.07) is 7.18. The number of carbonyl (C=O) groups is 1. The summed E-state index contributed by atoms with van der Waals surface area (Å²) in [6.07, 6.45) is 0.120. The minimum Gasteiger partial charge on any atom is -0.481 e. The van der Waals surface area contributed by atoms with Gasteiger partial charge in [0.1, 0.15) is 9.84 Å². The van der Waals surface area contributed by atoms with Gasteiger partial charge in [-0.25, -0.2) is 8.42 Å². The molecule has 1 aromatic carbocycles. The van der Waals surface area contributed by atoms with Gasteiger partial charge >= 0.3 is 5.97 Å². The van der Waals surface area contributed by atoms with Gasteiger partial charge in [0.15, 0.2) is 0 Å². The van der Waals surface area contributed by atoms with E-state index in [0.29, 0.717) is 5.56 Å². The zero-order valence-corrected chi connectivity index (χ0v) is 11.4. The van der Waals surface area contributed by atoms with Crippen molar-refractivity contribution < 1.29 is 18.3 Å². The summed E-state index contributed by atoms with van der Waals surface area (Å²) in [5.41, 5.74) is 1.63. The van der Waals surface area contributed by atoms with Gasteiger partial charge in [0.05, 0.1) is 11.7 Å². The van der Waals surface area contributed by atoms with E-state index in [2.05, 4.69) is 0 Å². The molecule has 0 fully saturated rings. The molecule has 0 heterocycles. The minimum absolute atomic E-state index is 0.0488. The number of sulfone groups is 1. The maximum Gasteiger partial charge on any atom is 0.311 e. The lowest BCUT2D eigenvalue weighted by atomic mass is 9.95. The highest BCUT2D eigenvalue weighted by atomic mass is 32.2. The highest BCUT2D eigenvalue weighted by Gasteiger charge is 2.22. The van der Waals surface area contributed by atoms with Gasteiger partial charge in [0, 0.05) is 5.75 Å². The van der Waals surface area contributed by atoms with E-state index in [-0.39, 0.29) is 17.9 Å². The second-order valence-corrected chi connectivity index (χ2v) is 6.80. The molecule has 0 aliphatic carbocycles. The van der Waals surface area contributed by atoms with E-state index in [1.807, 2.05) is 13.0 Å². The fourth-order valence-electron chi connectivity index (χ4n) is 1.76. The summed E-state index contributed by atoms with van der Waals surface area (Å²) in [7, 11) is -3.13. The van der Waals surface area contributed by atoms with Crippen LogP contribution in [-0.4, -0.2) is 31.0 Å². The van der Waals surface area contributed by atoms with E-state index in [1.165, 1.54) is 0 Å². The van der Waals surface area contributed by atoms with Crippen LogP contribution >= 0.6 is 0 Å². The molecule has 0 radical (unpaired) electrons. The molecular weight excluding hydrogens is 252 g/mol. The van der Waals surface area contributed by atoms with Crippen LogP contribution < -0.4 is 0 Å². The van der Waals surface area contributed by atoms with E-state index < -0.39 is 21.7 Å². The Morgan fingerprint density at radius 1 is 1.39 bits per heavy atom. The van der Waals surface area contributed by atoms with Crippen molar-refractivity contribution in [3.8, 4) is 0 Å². The molecule has 0 bridgehead atoms. The lowest BCUT2D eigenvalue weighted by Crippen LogP contribution is -2.18. The van der Waals surface area contributed by atoms with Crippen LogP contribution in [0.2, 0.25) is 0 Å². The van der Waals surface area contributed by atoms with Crippen LogP contribution in [0.3, 0.4) is 0 Å². The molecule has 0 aromatic heterocycles. The van der Waals surface area contributed by atoms with Gasteiger partial charge in [-0.15, -0.1) is 0 Å². The van der Waals surface area contributed by atoms with Gasteiger partial charge in [0.2, 0.25) is 0 Å². The van der Waals surface area contributed by atoms with Crippen LogP contribution in [0.1, 0.15) is 30.4 Å². The van der Waals surface area contributed by atoms with Crippen LogP contribution in [0.15, 0.2) is 24.3 Å². The predicted octanol–water partition coefficient (Wildman–Crippen LogP) is 1.99. The molecule has 0 spiro atoms. The number of rotatable bonds is 6. The Hall–Kier alpha value is -1.36. The topological polar surface area (TPSA) is 71.4 Å². The Labute approximate surface area is 108 Å². The van der Waals surface area contributed by atoms with E-state index in [0.717, 1.165) is 5.56 Å². The molecule has 0 saturated carbocycles. The van der Waals surface area contributed by atoms with Gasteiger partial charge in [-0.3, -0.25) is 4.79 Å². The van der Waals surface area contributed by atoms with Crippen LogP contribution in [0, 0.1) is 6.92 Å². The molecule has 1 atom stereocenters. The molecule has 0 amide bonds. The zero-order chi connectivity index (χ0) is 13.8. The quantitative estimate of drug-likeness (QED) is 0.858. The monoisotopic (exact) mass is 270 g/mol. The first-order valence-electron chi connectivity index (χ1n) is 5.85. The van der Waals surface area contributed by atoms with Crippen molar-refractivity contribution in [1.82, 2.24) is 0 Å². The standard InChI is InChI=1S/C13H18O4S/c1-3-18(16,17)8-7-12(13(14)15)11-6-4-5-10(2)9-11/h4-6,9,12H,3,7-8H2,1-2H3,(H,14,15). The molecular formula is C13H18O4S. The van der Waals surface area contributed by atoms with E-state index in [9.17, 15) is 18.3 Å². The second-order valence-electron chi connectivity index (χ2n) is 4.33. The van der Waals surface area contributed by atoms with Gasteiger partial charge in [-0.1, -0.05) is 36.8 Å². The largest absolute Gasteiger partial charge is 0.481 e. The van der Waals surface area contributed by atoms with Crippen molar-refractivity contribution >= 4 is 15.8 Å². The zero-order valence-electron chi connectivity index (χ0n) is 10.6. The molecule has 1 unspecified atom stereocenters. The van der Waals surface area contributed by atoms with Crippen LogP contribution in [0.4, 0.5) is 0 Å². The maximum atomic E-state index is 11.4. The minimum atomic E-state index is -3.13. The molecule has 5 heteroatoms. The van der Waals surface area contributed by atoms with Crippen molar-refractivity contribution in [2.75, 3.05) is 11.5 Å². The third kappa shape index (κ3) is 4.14. The van der Waals surface area contributed by atoms with Crippen LogP contribution in [0.25, 0.3) is 0 Å². The number of hydrogen-bond acceptors (Lipinski definition) is 3. The lowest BCUT2D eigenvalue weighted by Gasteiger charge is -2.13. The first-order chi connectivity index (χ1) is 8.35. The average Bonchev–Trinajstić information content (AvgIpc) is 2.29. The van der Waals surface area contributed by atoms with E-state index in [1.54, 1.807) is 25.1 Å². The molecule has 1 N–H and O–H groups in total. The van der Waals surface area contributed by atoms with Crippen molar-refractivity contribution in [2.45, 2.75) is 26.2 Å². The van der Waals surface area contributed by atoms with Crippen molar-refractivity contribution in [1.29, 1.82) is 0 Å². The van der Waals surface area contributed by atoms with Gasteiger partial charge in [-0.2, -0.15) is 0 Å². The van der Waals surface area contributed by atoms with Gasteiger partial charge in [-0.05, 0) is 18.9 Å². The van der Waals surface area contributed by atoms with Gasteiger partial charge in [0.25, 0.3) is 0 Å². The molecule has 0 aliphatic rings. The average molecular weight is 270 g/mol. The summed E-state index contributed by atoms with van der Waals surface area (Å²) >= 11 is 0. The number of hydrogen-bond donors (Lipinski definition) is 1. The lowest BCUT2D eigenvalue weighted by molar-refractivity contribution is -0.138. The number of benzene rings is 1. The molecule has 0 aliphatic heterocycles. The first kappa shape index (κ1) is 14.7. The van der Waals surface area contributed by atoms with Crippen LogP contribution in [0.5, 0.6) is 0 Å². The number of carboxylic acid groups (broad SMARTS) is 1. The Kier molecular flexibility index (Phi) is 4.90. The molecule has 0 saturated heterocycles. The Bertz CT molecular complexity index is 520. The van der Waals surface area contributed by atoms with Crippen molar-refractivity contribution in [3.05, 3.63) is 35.4 Å². The second kappa shape index (κ2) is 6.00. The molecule has 1 rings (SSSR count). The predicted molar refractivity (Wildman–Crippen MR) is 70.5 cm³/mol. The smallest absolute Gasteiger partial charge is 0.311 e. The molecule has 4 nitrogen and oxygen atoms in total. The number of carboxylic acids is 1. The Morgan fingerprint density at radius 2 is 2.06 bits per heavy atom. The summed E-state index contributed by atoms with van der Waals surface area (Å²) in [5, 5.41) is 9.19. The third-order valence-electron chi connectivity index (χ3n) is 2.90. The summed E-state index contributed by atoms with van der Waals surface area (Å²) in [6.45, 7) is 3.45. The van der Waals surface area contributed by atoms with E-state index >= 15 is 0 Å². The third-order valence-corrected chi connectivity index (χ3v) is 4.64. The van der Waals surface area contributed by atoms with Gasteiger partial charge < -0.3 is 5.11 Å². The fraction of sp³-hybridized carbons (Fsp3) is 0.462. The van der Waals surface area contributed by atoms with Crippen LogP contribution in [-0.2, 0) is 14.6 Å². The number of aliphatic carboxylic acids is 1.